The molecule has 0 saturated carbocycles. The topological polar surface area (TPSA) is 77.8 Å². The van der Waals surface area contributed by atoms with Crippen LogP contribution in [0.4, 0.5) is 0 Å². The van der Waals surface area contributed by atoms with Gasteiger partial charge in [0.05, 0.1) is 13.7 Å². The number of nitrogens with one attached hydrogen (secondary N) is 1. The number of methoxy groups -OCH3 is 2. The van der Waals surface area contributed by atoms with Crippen molar-refractivity contribution in [1.82, 2.24) is 0 Å². The highest BCUT2D eigenvalue weighted by Gasteiger charge is 2.29. The van der Waals surface area contributed by atoms with Crippen LogP contribution in [-0.4, -0.2) is 45.2 Å². The Morgan fingerprint density at radius 3 is 2.45 bits per heavy atom. The third kappa shape index (κ3) is 9.72. The molecule has 0 amide bonds. The first-order valence-electron chi connectivity index (χ1n) is 11.4. The Kier molecular flexibility index (Phi) is 12.9. The minimum absolute atomic E-state index is 0.193. The Morgan fingerprint density at radius 1 is 1.19 bits per heavy atom. The van der Waals surface area contributed by atoms with Crippen LogP contribution in [0.2, 0.25) is 0 Å². The van der Waals surface area contributed by atoms with Gasteiger partial charge in [-0.3, -0.25) is 4.79 Å². The molecule has 0 bridgehead atoms. The number of carbonyl (C=O) groups excluding carboxylic acids is 1. The molecular weight excluding hydrogens is 394 g/mol. The van der Waals surface area contributed by atoms with Crippen LogP contribution in [0.5, 0.6) is 11.5 Å². The summed E-state index contributed by atoms with van der Waals surface area (Å²) in [6, 6.07) is 6.01. The lowest BCUT2D eigenvalue weighted by atomic mass is 9.84. The largest absolute Gasteiger partial charge is 0.493 e. The van der Waals surface area contributed by atoms with E-state index in [9.17, 15) is 4.79 Å². The average molecular weight is 436 g/mol. The lowest BCUT2D eigenvalue weighted by Crippen LogP contribution is -2.25. The Bertz CT molecular complexity index is 674. The van der Waals surface area contributed by atoms with Crippen molar-refractivity contribution in [2.24, 2.45) is 11.8 Å². The standard InChI is InChI=1S/C22H33NO5.C3H8/c1-15(2)17(14-18(23)19-8-9-22(24)28-19)12-16-6-7-20(26-4)21(13-16)27-11-5-10-25-3;1-3-2/h6-7,13,15,17,19,23H,5,8-12,14H2,1-4H3;3H2,1-2H3. The van der Waals surface area contributed by atoms with Gasteiger partial charge in [0, 0.05) is 38.7 Å². The van der Waals surface area contributed by atoms with E-state index in [-0.39, 0.29) is 12.1 Å². The molecule has 6 nitrogen and oxygen atoms in total. The lowest BCUT2D eigenvalue weighted by molar-refractivity contribution is -0.139. The molecule has 31 heavy (non-hydrogen) atoms. The van der Waals surface area contributed by atoms with Gasteiger partial charge < -0.3 is 24.4 Å². The molecule has 2 atom stereocenters. The highest BCUT2D eigenvalue weighted by atomic mass is 16.5. The van der Waals surface area contributed by atoms with E-state index >= 15 is 0 Å². The van der Waals surface area contributed by atoms with Crippen LogP contribution >= 0.6 is 0 Å². The molecule has 1 aliphatic heterocycles. The van der Waals surface area contributed by atoms with E-state index in [1.807, 2.05) is 12.1 Å². The summed E-state index contributed by atoms with van der Waals surface area (Å²) in [4.78, 5) is 11.3. The summed E-state index contributed by atoms with van der Waals surface area (Å²) in [5, 5.41) is 8.37. The maximum absolute atomic E-state index is 11.3. The van der Waals surface area contributed by atoms with Crippen molar-refractivity contribution in [3.8, 4) is 11.5 Å². The lowest BCUT2D eigenvalue weighted by Gasteiger charge is -2.23. The molecule has 0 spiro atoms. The van der Waals surface area contributed by atoms with Gasteiger partial charge in [-0.25, -0.2) is 0 Å². The maximum atomic E-state index is 11.3. The number of carbonyl (C=O) groups is 1. The third-order valence-corrected chi connectivity index (χ3v) is 5.17. The molecule has 6 heteroatoms. The van der Waals surface area contributed by atoms with Crippen molar-refractivity contribution in [1.29, 1.82) is 5.41 Å². The maximum Gasteiger partial charge on any atom is 0.306 e. The Hall–Kier alpha value is -2.08. The summed E-state index contributed by atoms with van der Waals surface area (Å²) in [5.74, 6) is 1.96. The van der Waals surface area contributed by atoms with Crippen molar-refractivity contribution in [2.75, 3.05) is 27.4 Å². The number of rotatable bonds is 12. The van der Waals surface area contributed by atoms with Gasteiger partial charge in [-0.2, -0.15) is 0 Å². The predicted octanol–water partition coefficient (Wildman–Crippen LogP) is 5.46. The van der Waals surface area contributed by atoms with E-state index in [1.165, 1.54) is 6.42 Å². The monoisotopic (exact) mass is 435 g/mol. The van der Waals surface area contributed by atoms with Gasteiger partial charge in [-0.15, -0.1) is 0 Å². The summed E-state index contributed by atoms with van der Waals surface area (Å²) < 4.78 is 21.6. The Balaban J connectivity index is 0.00000151. The van der Waals surface area contributed by atoms with E-state index in [0.29, 0.717) is 55.8 Å². The van der Waals surface area contributed by atoms with Gasteiger partial charge >= 0.3 is 5.97 Å². The smallest absolute Gasteiger partial charge is 0.306 e. The van der Waals surface area contributed by atoms with Gasteiger partial charge in [0.1, 0.15) is 6.10 Å². The minimum atomic E-state index is -0.343. The molecule has 2 rings (SSSR count). The van der Waals surface area contributed by atoms with Crippen LogP contribution in [0.3, 0.4) is 0 Å². The van der Waals surface area contributed by atoms with Crippen molar-refractivity contribution < 1.29 is 23.7 Å². The molecule has 176 valence electrons. The number of hydrogen-bond donors (Lipinski definition) is 1. The number of benzene rings is 1. The second-order valence-corrected chi connectivity index (χ2v) is 8.34. The van der Waals surface area contributed by atoms with Crippen LogP contribution in [0.25, 0.3) is 0 Å². The zero-order valence-electron chi connectivity index (χ0n) is 20.2. The van der Waals surface area contributed by atoms with Crippen molar-refractivity contribution >= 4 is 11.7 Å². The van der Waals surface area contributed by atoms with E-state index in [4.69, 9.17) is 24.4 Å². The molecule has 0 radical (unpaired) electrons. The molecular formula is C25H41NO5. The van der Waals surface area contributed by atoms with Crippen molar-refractivity contribution in [2.45, 2.75) is 72.3 Å². The van der Waals surface area contributed by atoms with Crippen molar-refractivity contribution in [3.63, 3.8) is 0 Å². The second kappa shape index (κ2) is 14.8. The second-order valence-electron chi connectivity index (χ2n) is 8.34. The summed E-state index contributed by atoms with van der Waals surface area (Å²) in [6.45, 7) is 9.82. The third-order valence-electron chi connectivity index (χ3n) is 5.17. The predicted molar refractivity (Wildman–Crippen MR) is 124 cm³/mol. The molecule has 1 saturated heterocycles. The van der Waals surface area contributed by atoms with Crippen LogP contribution in [0, 0.1) is 17.2 Å². The first kappa shape index (κ1) is 27.0. The molecule has 0 aliphatic carbocycles. The number of esters is 1. The number of hydrogen-bond acceptors (Lipinski definition) is 6. The summed E-state index contributed by atoms with van der Waals surface area (Å²) in [6.07, 6.45) is 4.23. The number of cyclic esters (lactones) is 1. The minimum Gasteiger partial charge on any atom is -0.493 e. The molecule has 2 unspecified atom stereocenters. The van der Waals surface area contributed by atoms with E-state index in [2.05, 4.69) is 33.8 Å². The summed E-state index contributed by atoms with van der Waals surface area (Å²) in [7, 11) is 3.32. The molecule has 1 aromatic rings. The molecule has 1 fully saturated rings. The first-order chi connectivity index (χ1) is 14.9. The fourth-order valence-electron chi connectivity index (χ4n) is 3.38. The van der Waals surface area contributed by atoms with Gasteiger partial charge in [0.2, 0.25) is 0 Å². The highest BCUT2D eigenvalue weighted by molar-refractivity contribution is 5.90. The molecule has 1 heterocycles. The summed E-state index contributed by atoms with van der Waals surface area (Å²) in [5.41, 5.74) is 1.67. The van der Waals surface area contributed by atoms with Crippen LogP contribution in [0.15, 0.2) is 18.2 Å². The van der Waals surface area contributed by atoms with Gasteiger partial charge in [-0.05, 0) is 42.4 Å². The quantitative estimate of drug-likeness (QED) is 0.268. The molecule has 0 aromatic heterocycles. The van der Waals surface area contributed by atoms with Gasteiger partial charge in [-0.1, -0.05) is 40.2 Å². The van der Waals surface area contributed by atoms with Crippen LogP contribution in [-0.2, 0) is 20.7 Å². The molecule has 1 N–H and O–H groups in total. The molecule has 1 aliphatic rings. The van der Waals surface area contributed by atoms with Crippen LogP contribution in [0.1, 0.15) is 65.4 Å². The Labute approximate surface area is 188 Å². The van der Waals surface area contributed by atoms with Gasteiger partial charge in [0.15, 0.2) is 11.5 Å². The van der Waals surface area contributed by atoms with Crippen molar-refractivity contribution in [3.05, 3.63) is 23.8 Å². The first-order valence-corrected chi connectivity index (χ1v) is 11.4. The van der Waals surface area contributed by atoms with Crippen LogP contribution < -0.4 is 9.47 Å². The normalized spacial score (nSPS) is 16.4. The highest BCUT2D eigenvalue weighted by Crippen LogP contribution is 2.31. The Morgan fingerprint density at radius 2 is 1.90 bits per heavy atom. The molecule has 1 aromatic carbocycles. The fraction of sp³-hybridized carbons (Fsp3) is 0.680. The van der Waals surface area contributed by atoms with E-state index in [0.717, 1.165) is 24.2 Å². The van der Waals surface area contributed by atoms with E-state index < -0.39 is 0 Å². The number of ether oxygens (including phenoxy) is 4. The average Bonchev–Trinajstić information content (AvgIpc) is 3.18. The van der Waals surface area contributed by atoms with E-state index in [1.54, 1.807) is 14.2 Å². The SMILES string of the molecule is CCC.COCCCOc1cc(CC(CC(=N)C2CCC(=O)O2)C(C)C)ccc1OC. The fourth-order valence-corrected chi connectivity index (χ4v) is 3.38. The zero-order valence-corrected chi connectivity index (χ0v) is 20.2. The zero-order chi connectivity index (χ0) is 23.2. The summed E-state index contributed by atoms with van der Waals surface area (Å²) >= 11 is 0. The van der Waals surface area contributed by atoms with Gasteiger partial charge in [0.25, 0.3) is 0 Å².